The Balaban J connectivity index is 2.53. The molecule has 0 amide bonds. The SMILES string of the molecule is C#CCC(N)C(=O)Cc1ccc(Cl)s1. The van der Waals surface area contributed by atoms with Crippen molar-refractivity contribution in [2.75, 3.05) is 0 Å². The Hall–Kier alpha value is -0.820. The first-order valence-electron chi connectivity index (χ1n) is 4.09. The number of hydrogen-bond acceptors (Lipinski definition) is 3. The summed E-state index contributed by atoms with van der Waals surface area (Å²) < 4.78 is 0.679. The van der Waals surface area contributed by atoms with Crippen LogP contribution in [0.15, 0.2) is 12.1 Å². The summed E-state index contributed by atoms with van der Waals surface area (Å²) in [4.78, 5) is 12.4. The van der Waals surface area contributed by atoms with Crippen LogP contribution in [-0.4, -0.2) is 11.8 Å². The lowest BCUT2D eigenvalue weighted by molar-refractivity contribution is -0.119. The summed E-state index contributed by atoms with van der Waals surface area (Å²) in [7, 11) is 0. The number of carbonyl (C=O) groups excluding carboxylic acids is 1. The van der Waals surface area contributed by atoms with Crippen LogP contribution in [0, 0.1) is 12.3 Å². The monoisotopic (exact) mass is 227 g/mol. The maximum atomic E-state index is 11.5. The van der Waals surface area contributed by atoms with Gasteiger partial charge >= 0.3 is 0 Å². The molecule has 1 aromatic heterocycles. The van der Waals surface area contributed by atoms with Crippen molar-refractivity contribution in [3.63, 3.8) is 0 Å². The molecule has 0 aliphatic rings. The van der Waals surface area contributed by atoms with Crippen LogP contribution in [-0.2, 0) is 11.2 Å². The number of ketones is 1. The number of halogens is 1. The highest BCUT2D eigenvalue weighted by atomic mass is 35.5. The summed E-state index contributed by atoms with van der Waals surface area (Å²) in [5, 5.41) is 0. The smallest absolute Gasteiger partial charge is 0.155 e. The van der Waals surface area contributed by atoms with Crippen molar-refractivity contribution < 1.29 is 4.79 Å². The van der Waals surface area contributed by atoms with E-state index in [1.165, 1.54) is 11.3 Å². The van der Waals surface area contributed by atoms with Gasteiger partial charge in [0, 0.05) is 17.7 Å². The van der Waals surface area contributed by atoms with Gasteiger partial charge in [-0.15, -0.1) is 23.7 Å². The van der Waals surface area contributed by atoms with Crippen molar-refractivity contribution in [2.45, 2.75) is 18.9 Å². The van der Waals surface area contributed by atoms with Crippen molar-refractivity contribution in [3.05, 3.63) is 21.3 Å². The van der Waals surface area contributed by atoms with Gasteiger partial charge in [-0.05, 0) is 12.1 Å². The van der Waals surface area contributed by atoms with Crippen LogP contribution in [0.4, 0.5) is 0 Å². The third kappa shape index (κ3) is 3.15. The first-order chi connectivity index (χ1) is 6.63. The number of rotatable bonds is 4. The minimum absolute atomic E-state index is 0.0403. The summed E-state index contributed by atoms with van der Waals surface area (Å²) >= 11 is 7.12. The van der Waals surface area contributed by atoms with E-state index in [2.05, 4.69) is 5.92 Å². The quantitative estimate of drug-likeness (QED) is 0.798. The molecule has 0 radical (unpaired) electrons. The van der Waals surface area contributed by atoms with Gasteiger partial charge in [-0.25, -0.2) is 0 Å². The van der Waals surface area contributed by atoms with Crippen LogP contribution >= 0.6 is 22.9 Å². The number of hydrogen-bond donors (Lipinski definition) is 1. The van der Waals surface area contributed by atoms with Gasteiger partial charge in [0.15, 0.2) is 5.78 Å². The van der Waals surface area contributed by atoms with E-state index in [4.69, 9.17) is 23.8 Å². The first-order valence-corrected chi connectivity index (χ1v) is 5.29. The molecule has 0 fully saturated rings. The molecule has 2 nitrogen and oxygen atoms in total. The highest BCUT2D eigenvalue weighted by Gasteiger charge is 2.13. The maximum Gasteiger partial charge on any atom is 0.155 e. The van der Waals surface area contributed by atoms with Gasteiger partial charge in [-0.2, -0.15) is 0 Å². The zero-order chi connectivity index (χ0) is 10.6. The normalized spacial score (nSPS) is 12.1. The topological polar surface area (TPSA) is 43.1 Å². The Morgan fingerprint density at radius 2 is 2.43 bits per heavy atom. The Morgan fingerprint density at radius 1 is 1.71 bits per heavy atom. The van der Waals surface area contributed by atoms with Crippen molar-refractivity contribution in [1.82, 2.24) is 0 Å². The molecule has 1 heterocycles. The number of terminal acetylenes is 1. The third-order valence-electron chi connectivity index (χ3n) is 1.73. The zero-order valence-corrected chi connectivity index (χ0v) is 9.07. The van der Waals surface area contributed by atoms with Crippen LogP contribution in [0.1, 0.15) is 11.3 Å². The lowest BCUT2D eigenvalue weighted by atomic mass is 10.1. The molecule has 4 heteroatoms. The minimum Gasteiger partial charge on any atom is -0.321 e. The lowest BCUT2D eigenvalue weighted by Gasteiger charge is -2.04. The highest BCUT2D eigenvalue weighted by molar-refractivity contribution is 7.16. The second-order valence-corrected chi connectivity index (χ2v) is 4.66. The van der Waals surface area contributed by atoms with E-state index in [0.717, 1.165) is 4.88 Å². The second-order valence-electron chi connectivity index (χ2n) is 2.86. The Kier molecular flexibility index (Phi) is 4.15. The van der Waals surface area contributed by atoms with Crippen molar-refractivity contribution in [3.8, 4) is 12.3 Å². The zero-order valence-electron chi connectivity index (χ0n) is 7.50. The molecule has 0 aromatic carbocycles. The molecule has 74 valence electrons. The van der Waals surface area contributed by atoms with Crippen LogP contribution in [0.5, 0.6) is 0 Å². The Morgan fingerprint density at radius 3 is 2.93 bits per heavy atom. The molecule has 0 aliphatic carbocycles. The summed E-state index contributed by atoms with van der Waals surface area (Å²) in [6.45, 7) is 0. The fourth-order valence-electron chi connectivity index (χ4n) is 0.990. The van der Waals surface area contributed by atoms with E-state index in [1.807, 2.05) is 6.07 Å². The summed E-state index contributed by atoms with van der Waals surface area (Å²) in [6.07, 6.45) is 5.67. The number of carbonyl (C=O) groups is 1. The number of nitrogens with two attached hydrogens (primary N) is 1. The molecule has 0 spiro atoms. The predicted molar refractivity (Wildman–Crippen MR) is 59.5 cm³/mol. The lowest BCUT2D eigenvalue weighted by Crippen LogP contribution is -2.31. The molecule has 2 N–H and O–H groups in total. The molecular formula is C10H10ClNOS. The van der Waals surface area contributed by atoms with Crippen LogP contribution in [0.2, 0.25) is 4.34 Å². The average molecular weight is 228 g/mol. The van der Waals surface area contributed by atoms with Gasteiger partial charge in [0.2, 0.25) is 0 Å². The fraction of sp³-hybridized carbons (Fsp3) is 0.300. The molecule has 0 saturated carbocycles. The largest absolute Gasteiger partial charge is 0.321 e. The fourth-order valence-corrected chi connectivity index (χ4v) is 2.09. The Labute approximate surface area is 92.1 Å². The van der Waals surface area contributed by atoms with Gasteiger partial charge in [0.05, 0.1) is 10.4 Å². The van der Waals surface area contributed by atoms with Crippen molar-refractivity contribution in [2.24, 2.45) is 5.73 Å². The first kappa shape index (κ1) is 11.3. The van der Waals surface area contributed by atoms with E-state index < -0.39 is 6.04 Å². The minimum atomic E-state index is -0.555. The number of thiophene rings is 1. The van der Waals surface area contributed by atoms with Crippen LogP contribution in [0.25, 0.3) is 0 Å². The van der Waals surface area contributed by atoms with Gasteiger partial charge in [0.25, 0.3) is 0 Å². The molecule has 1 unspecified atom stereocenters. The van der Waals surface area contributed by atoms with Gasteiger partial charge in [-0.1, -0.05) is 11.6 Å². The summed E-state index contributed by atoms with van der Waals surface area (Å²) in [6, 6.07) is 3.04. The molecule has 0 aliphatic heterocycles. The molecule has 0 saturated heterocycles. The molecule has 14 heavy (non-hydrogen) atoms. The van der Waals surface area contributed by atoms with Crippen LogP contribution < -0.4 is 5.73 Å². The van der Waals surface area contributed by atoms with Crippen LogP contribution in [0.3, 0.4) is 0 Å². The summed E-state index contributed by atoms with van der Waals surface area (Å²) in [5.74, 6) is 2.33. The maximum absolute atomic E-state index is 11.5. The standard InChI is InChI=1S/C10H10ClNOS/c1-2-3-8(12)9(13)6-7-4-5-10(11)14-7/h1,4-5,8H,3,6,12H2. The average Bonchev–Trinajstić information content (AvgIpc) is 2.51. The van der Waals surface area contributed by atoms with E-state index in [0.29, 0.717) is 10.8 Å². The molecule has 1 aromatic rings. The van der Waals surface area contributed by atoms with Gasteiger partial charge in [-0.3, -0.25) is 4.79 Å². The number of Topliss-reactive ketones (excluding diaryl/α,β-unsaturated/α-hetero) is 1. The van der Waals surface area contributed by atoms with Crippen molar-refractivity contribution >= 4 is 28.7 Å². The van der Waals surface area contributed by atoms with Crippen molar-refractivity contribution in [1.29, 1.82) is 0 Å². The van der Waals surface area contributed by atoms with E-state index in [1.54, 1.807) is 6.07 Å². The second kappa shape index (κ2) is 5.16. The highest BCUT2D eigenvalue weighted by Crippen LogP contribution is 2.22. The van der Waals surface area contributed by atoms with E-state index in [-0.39, 0.29) is 12.2 Å². The predicted octanol–water partition coefficient (Wildman–Crippen LogP) is 1.86. The Bertz CT molecular complexity index is 366. The molecule has 1 rings (SSSR count). The van der Waals surface area contributed by atoms with Gasteiger partial charge < -0.3 is 5.73 Å². The van der Waals surface area contributed by atoms with E-state index in [9.17, 15) is 4.79 Å². The third-order valence-corrected chi connectivity index (χ3v) is 2.96. The van der Waals surface area contributed by atoms with Gasteiger partial charge in [0.1, 0.15) is 0 Å². The molecule has 1 atom stereocenters. The van der Waals surface area contributed by atoms with E-state index >= 15 is 0 Å². The summed E-state index contributed by atoms with van der Waals surface area (Å²) in [5.41, 5.74) is 5.56. The molecule has 0 bridgehead atoms. The molecular weight excluding hydrogens is 218 g/mol.